The number of likely N-dealkylation sites (tertiary alicyclic amines) is 1. The molecule has 196 valence electrons. The highest BCUT2D eigenvalue weighted by molar-refractivity contribution is 5.91. The number of carbonyl (C=O) groups excluding carboxylic acids is 1. The molecule has 0 saturated carbocycles. The third-order valence-corrected chi connectivity index (χ3v) is 6.86. The van der Waals surface area contributed by atoms with Crippen LogP contribution >= 0.6 is 0 Å². The smallest absolute Gasteiger partial charge is 0.284 e. The van der Waals surface area contributed by atoms with Crippen molar-refractivity contribution in [1.29, 1.82) is 0 Å². The van der Waals surface area contributed by atoms with E-state index in [-0.39, 0.29) is 28.4 Å². The first-order valence-electron chi connectivity index (χ1n) is 12.2. The topological polar surface area (TPSA) is 94.2 Å². The molecular formula is C25H26F4N6O2. The Bertz CT molecular complexity index is 1400. The summed E-state index contributed by atoms with van der Waals surface area (Å²) >= 11 is 0. The Hall–Kier alpha value is -3.38. The molecular weight excluding hydrogens is 492 g/mol. The second kappa shape index (κ2) is 9.82. The van der Waals surface area contributed by atoms with Crippen LogP contribution in [0.5, 0.6) is 0 Å². The Morgan fingerprint density at radius 2 is 1.89 bits per heavy atom. The Labute approximate surface area is 209 Å². The summed E-state index contributed by atoms with van der Waals surface area (Å²) < 4.78 is 55.3. The van der Waals surface area contributed by atoms with Gasteiger partial charge in [0.2, 0.25) is 5.95 Å². The summed E-state index contributed by atoms with van der Waals surface area (Å²) in [5.41, 5.74) is 3.68. The number of amides is 1. The monoisotopic (exact) mass is 518 g/mol. The average molecular weight is 519 g/mol. The molecule has 0 bridgehead atoms. The van der Waals surface area contributed by atoms with E-state index in [0.29, 0.717) is 55.5 Å². The highest BCUT2D eigenvalue weighted by atomic mass is 19.3. The number of halogens is 4. The van der Waals surface area contributed by atoms with Crippen molar-refractivity contribution in [3.05, 3.63) is 68.9 Å². The fourth-order valence-corrected chi connectivity index (χ4v) is 4.90. The molecule has 0 aliphatic carbocycles. The number of rotatable bonds is 6. The molecule has 0 radical (unpaired) electrons. The van der Waals surface area contributed by atoms with E-state index in [1.165, 1.54) is 18.2 Å². The van der Waals surface area contributed by atoms with Gasteiger partial charge in [0.1, 0.15) is 16.9 Å². The van der Waals surface area contributed by atoms with Gasteiger partial charge < -0.3 is 4.98 Å². The number of nitrogens with zero attached hydrogens (tertiary/aromatic N) is 4. The molecule has 37 heavy (non-hydrogen) atoms. The molecule has 2 aliphatic rings. The van der Waals surface area contributed by atoms with Crippen LogP contribution in [0.25, 0.3) is 11.0 Å². The van der Waals surface area contributed by atoms with Gasteiger partial charge in [-0.05, 0) is 62.0 Å². The molecule has 0 spiro atoms. The number of aryl methyl sites for hydroxylation is 1. The van der Waals surface area contributed by atoms with Gasteiger partial charge in [-0.15, -0.1) is 0 Å². The lowest BCUT2D eigenvalue weighted by atomic mass is 9.90. The van der Waals surface area contributed by atoms with Crippen LogP contribution in [0.2, 0.25) is 0 Å². The minimum absolute atomic E-state index is 0.101. The molecule has 2 aliphatic heterocycles. The van der Waals surface area contributed by atoms with E-state index in [0.717, 1.165) is 5.01 Å². The van der Waals surface area contributed by atoms with E-state index < -0.39 is 36.7 Å². The van der Waals surface area contributed by atoms with Crippen molar-refractivity contribution in [2.75, 3.05) is 26.2 Å². The fourth-order valence-electron chi connectivity index (χ4n) is 4.90. The molecule has 5 rings (SSSR count). The largest absolute Gasteiger partial charge is 0.319 e. The van der Waals surface area contributed by atoms with Gasteiger partial charge in [-0.3, -0.25) is 19.9 Å². The normalized spacial score (nSPS) is 18.6. The number of aromatic amines is 1. The number of alkyl halides is 2. The van der Waals surface area contributed by atoms with E-state index in [1.807, 2.05) is 0 Å². The van der Waals surface area contributed by atoms with Crippen molar-refractivity contribution in [1.82, 2.24) is 30.3 Å². The van der Waals surface area contributed by atoms with Crippen LogP contribution in [-0.4, -0.2) is 62.9 Å². The summed E-state index contributed by atoms with van der Waals surface area (Å²) in [6.07, 6.45) is 1.69. The molecule has 1 amide bonds. The predicted molar refractivity (Wildman–Crippen MR) is 127 cm³/mol. The predicted octanol–water partition coefficient (Wildman–Crippen LogP) is 3.13. The Morgan fingerprint density at radius 3 is 2.54 bits per heavy atom. The number of hydrazine groups is 1. The number of nitrogens with one attached hydrogen (secondary N) is 2. The third-order valence-electron chi connectivity index (χ3n) is 6.86. The molecule has 2 aromatic heterocycles. The SMILES string of the molecule is CCc1nc2c(F)cc(CN3CCC(c4ccc(C(=O)NN5CC(F)(F)C5)nc4F)CC3)cc2[nH]c1=O. The number of pyridine rings is 1. The summed E-state index contributed by atoms with van der Waals surface area (Å²) in [5.74, 6) is -4.91. The molecule has 0 atom stereocenters. The number of hydrogen-bond acceptors (Lipinski definition) is 6. The minimum Gasteiger partial charge on any atom is -0.319 e. The average Bonchev–Trinajstić information content (AvgIpc) is 2.83. The highest BCUT2D eigenvalue weighted by Crippen LogP contribution is 2.31. The van der Waals surface area contributed by atoms with Crippen LogP contribution in [0.1, 0.15) is 53.0 Å². The second-order valence-electron chi connectivity index (χ2n) is 9.62. The summed E-state index contributed by atoms with van der Waals surface area (Å²) in [5, 5.41) is 1.06. The van der Waals surface area contributed by atoms with Crippen molar-refractivity contribution >= 4 is 16.9 Å². The van der Waals surface area contributed by atoms with Gasteiger partial charge in [0.25, 0.3) is 17.4 Å². The fraction of sp³-hybridized carbons (Fsp3) is 0.440. The third kappa shape index (κ3) is 5.35. The number of fused-ring (bicyclic) bond motifs is 1. The van der Waals surface area contributed by atoms with Gasteiger partial charge >= 0.3 is 0 Å². The van der Waals surface area contributed by atoms with Gasteiger partial charge in [0.15, 0.2) is 5.82 Å². The molecule has 4 heterocycles. The van der Waals surface area contributed by atoms with Gasteiger partial charge in [-0.25, -0.2) is 28.1 Å². The summed E-state index contributed by atoms with van der Waals surface area (Å²) in [6.45, 7) is 2.35. The Morgan fingerprint density at radius 1 is 1.16 bits per heavy atom. The zero-order chi connectivity index (χ0) is 26.3. The van der Waals surface area contributed by atoms with Gasteiger partial charge in [0, 0.05) is 12.1 Å². The maximum Gasteiger partial charge on any atom is 0.284 e. The quantitative estimate of drug-likeness (QED) is 0.385. The number of H-pyrrole nitrogens is 1. The van der Waals surface area contributed by atoms with Crippen LogP contribution < -0.4 is 11.0 Å². The van der Waals surface area contributed by atoms with Crippen LogP contribution in [0, 0.1) is 11.8 Å². The van der Waals surface area contributed by atoms with E-state index >= 15 is 0 Å². The lowest BCUT2D eigenvalue weighted by Gasteiger charge is -2.38. The highest BCUT2D eigenvalue weighted by Gasteiger charge is 2.44. The van der Waals surface area contributed by atoms with E-state index in [1.54, 1.807) is 13.0 Å². The molecule has 12 heteroatoms. The number of piperidine rings is 1. The zero-order valence-electron chi connectivity index (χ0n) is 20.2. The first-order valence-corrected chi connectivity index (χ1v) is 12.2. The van der Waals surface area contributed by atoms with E-state index in [9.17, 15) is 27.2 Å². The molecule has 2 saturated heterocycles. The van der Waals surface area contributed by atoms with Crippen LogP contribution in [-0.2, 0) is 13.0 Å². The van der Waals surface area contributed by atoms with Crippen molar-refractivity contribution in [3.63, 3.8) is 0 Å². The Balaban J connectivity index is 1.20. The Kier molecular flexibility index (Phi) is 6.71. The first kappa shape index (κ1) is 25.3. The molecule has 2 N–H and O–H groups in total. The van der Waals surface area contributed by atoms with Crippen molar-refractivity contribution in [3.8, 4) is 0 Å². The summed E-state index contributed by atoms with van der Waals surface area (Å²) in [6, 6.07) is 6.07. The molecule has 2 fully saturated rings. The van der Waals surface area contributed by atoms with Gasteiger partial charge in [0.05, 0.1) is 18.6 Å². The number of benzene rings is 1. The maximum atomic E-state index is 14.8. The summed E-state index contributed by atoms with van der Waals surface area (Å²) in [7, 11) is 0. The van der Waals surface area contributed by atoms with Crippen molar-refractivity contribution in [2.24, 2.45) is 0 Å². The second-order valence-corrected chi connectivity index (χ2v) is 9.62. The number of aromatic nitrogens is 3. The lowest BCUT2D eigenvalue weighted by molar-refractivity contribution is -0.144. The first-order chi connectivity index (χ1) is 17.6. The molecule has 1 aromatic carbocycles. The van der Waals surface area contributed by atoms with Crippen molar-refractivity contribution in [2.45, 2.75) is 44.6 Å². The number of carbonyl (C=O) groups is 1. The zero-order valence-corrected chi connectivity index (χ0v) is 20.2. The van der Waals surface area contributed by atoms with Gasteiger partial charge in [-0.2, -0.15) is 4.39 Å². The van der Waals surface area contributed by atoms with Crippen LogP contribution in [0.3, 0.4) is 0 Å². The van der Waals surface area contributed by atoms with E-state index in [4.69, 9.17) is 0 Å². The van der Waals surface area contributed by atoms with Crippen LogP contribution in [0.15, 0.2) is 29.1 Å². The summed E-state index contributed by atoms with van der Waals surface area (Å²) in [4.78, 5) is 37.0. The molecule has 3 aromatic rings. The van der Waals surface area contributed by atoms with Crippen LogP contribution in [0.4, 0.5) is 17.6 Å². The molecule has 0 unspecified atom stereocenters. The number of hydrogen-bond donors (Lipinski definition) is 2. The standard InChI is InChI=1S/C25H26F4N6O2/c1-2-18-23(36)32-20-10-14(9-17(26)21(20)30-18)11-34-7-5-15(6-8-34)16-3-4-19(31-22(16)27)24(37)33-35-12-25(28,29)13-35/h3-4,9-10,15H,2,5-8,11-13H2,1H3,(H,32,36)(H,33,37). The maximum absolute atomic E-state index is 14.8. The van der Waals surface area contributed by atoms with Crippen molar-refractivity contribution < 1.29 is 22.4 Å². The van der Waals surface area contributed by atoms with Gasteiger partial charge in [-0.1, -0.05) is 13.0 Å². The van der Waals surface area contributed by atoms with E-state index in [2.05, 4.69) is 25.3 Å². The minimum atomic E-state index is -2.83. The molecule has 8 nitrogen and oxygen atoms in total. The lowest BCUT2D eigenvalue weighted by Crippen LogP contribution is -2.62.